The number of amides is 1. The number of nitrogens with zero attached hydrogens (tertiary/aromatic N) is 1. The van der Waals surface area contributed by atoms with Crippen LogP contribution in [0.1, 0.15) is 28.8 Å². The highest BCUT2D eigenvalue weighted by Crippen LogP contribution is 2.21. The molecule has 4 heteroatoms. The highest BCUT2D eigenvalue weighted by Gasteiger charge is 2.24. The van der Waals surface area contributed by atoms with Gasteiger partial charge in [0, 0.05) is 23.1 Å². The lowest BCUT2D eigenvalue weighted by atomic mass is 9.97. The van der Waals surface area contributed by atoms with Gasteiger partial charge in [0.05, 0.1) is 0 Å². The summed E-state index contributed by atoms with van der Waals surface area (Å²) in [5, 5.41) is 3.21. The Bertz CT molecular complexity index is 459. The maximum atomic E-state index is 12.6. The monoisotopic (exact) mass is 324 g/mol. The Kier molecular flexibility index (Phi) is 4.99. The van der Waals surface area contributed by atoms with Gasteiger partial charge in [-0.25, -0.2) is 0 Å². The Morgan fingerprint density at radius 1 is 1.53 bits per heavy atom. The second kappa shape index (κ2) is 6.53. The number of likely N-dealkylation sites (tertiary alicyclic amines) is 1. The number of aryl methyl sites for hydroxylation is 1. The van der Waals surface area contributed by atoms with Crippen molar-refractivity contribution in [1.82, 2.24) is 10.2 Å². The molecule has 0 bridgehead atoms. The molecule has 0 aliphatic carbocycles. The Morgan fingerprint density at radius 2 is 2.32 bits per heavy atom. The first-order valence-electron chi connectivity index (χ1n) is 6.82. The van der Waals surface area contributed by atoms with E-state index >= 15 is 0 Å². The van der Waals surface area contributed by atoms with E-state index in [9.17, 15) is 4.79 Å². The lowest BCUT2D eigenvalue weighted by molar-refractivity contribution is 0.0673. The van der Waals surface area contributed by atoms with Crippen LogP contribution in [-0.4, -0.2) is 37.5 Å². The van der Waals surface area contributed by atoms with E-state index in [1.165, 1.54) is 6.42 Å². The molecule has 1 saturated heterocycles. The van der Waals surface area contributed by atoms with Gasteiger partial charge in [-0.2, -0.15) is 0 Å². The largest absolute Gasteiger partial charge is 0.338 e. The third kappa shape index (κ3) is 3.57. The Balaban J connectivity index is 2.12. The van der Waals surface area contributed by atoms with E-state index in [1.807, 2.05) is 37.1 Å². The van der Waals surface area contributed by atoms with E-state index in [2.05, 4.69) is 21.2 Å². The third-order valence-corrected chi connectivity index (χ3v) is 4.22. The van der Waals surface area contributed by atoms with Crippen molar-refractivity contribution < 1.29 is 4.79 Å². The maximum absolute atomic E-state index is 12.6. The highest BCUT2D eigenvalue weighted by atomic mass is 79.9. The molecule has 19 heavy (non-hydrogen) atoms. The van der Waals surface area contributed by atoms with Crippen LogP contribution in [-0.2, 0) is 0 Å². The highest BCUT2D eigenvalue weighted by molar-refractivity contribution is 9.10. The first-order chi connectivity index (χ1) is 9.11. The number of carbonyl (C=O) groups excluding carboxylic acids is 1. The molecule has 1 aromatic rings. The molecule has 2 rings (SSSR count). The van der Waals surface area contributed by atoms with E-state index < -0.39 is 0 Å². The quantitative estimate of drug-likeness (QED) is 0.927. The van der Waals surface area contributed by atoms with Crippen molar-refractivity contribution >= 4 is 21.8 Å². The number of benzene rings is 1. The molecule has 1 heterocycles. The fraction of sp³-hybridized carbons (Fsp3) is 0.533. The van der Waals surface area contributed by atoms with Crippen LogP contribution in [0.3, 0.4) is 0 Å². The number of halogens is 1. The molecule has 0 spiro atoms. The molecular weight excluding hydrogens is 304 g/mol. The van der Waals surface area contributed by atoms with Gasteiger partial charge in [0.15, 0.2) is 0 Å². The van der Waals surface area contributed by atoms with Gasteiger partial charge in [-0.05, 0) is 57.0 Å². The normalized spacial score (nSPS) is 19.5. The van der Waals surface area contributed by atoms with Crippen LogP contribution in [0.4, 0.5) is 0 Å². The summed E-state index contributed by atoms with van der Waals surface area (Å²) in [5.74, 6) is 0.745. The molecule has 0 saturated carbocycles. The summed E-state index contributed by atoms with van der Waals surface area (Å²) in [5.41, 5.74) is 1.86. The summed E-state index contributed by atoms with van der Waals surface area (Å²) >= 11 is 3.44. The second-order valence-electron chi connectivity index (χ2n) is 5.28. The lowest BCUT2D eigenvalue weighted by Crippen LogP contribution is -2.42. The minimum Gasteiger partial charge on any atom is -0.338 e. The van der Waals surface area contributed by atoms with Gasteiger partial charge < -0.3 is 10.2 Å². The van der Waals surface area contributed by atoms with Crippen LogP contribution in [0.15, 0.2) is 22.7 Å². The Hall–Kier alpha value is -0.870. The van der Waals surface area contributed by atoms with Gasteiger partial charge >= 0.3 is 0 Å². The SMILES string of the molecule is CNCC1CCCN(C(=O)c2cc(Br)ccc2C)C1. The topological polar surface area (TPSA) is 32.3 Å². The van der Waals surface area contributed by atoms with E-state index in [0.717, 1.165) is 41.7 Å². The van der Waals surface area contributed by atoms with Crippen LogP contribution < -0.4 is 5.32 Å². The lowest BCUT2D eigenvalue weighted by Gasteiger charge is -2.33. The number of piperidine rings is 1. The smallest absolute Gasteiger partial charge is 0.254 e. The molecule has 1 N–H and O–H groups in total. The van der Waals surface area contributed by atoms with Crippen molar-refractivity contribution in [3.05, 3.63) is 33.8 Å². The van der Waals surface area contributed by atoms with E-state index in [1.54, 1.807) is 0 Å². The fourth-order valence-corrected chi connectivity index (χ4v) is 3.06. The number of hydrogen-bond acceptors (Lipinski definition) is 2. The van der Waals surface area contributed by atoms with Gasteiger partial charge in [0.25, 0.3) is 5.91 Å². The molecule has 3 nitrogen and oxygen atoms in total. The molecule has 104 valence electrons. The van der Waals surface area contributed by atoms with Gasteiger partial charge in [-0.3, -0.25) is 4.79 Å². The van der Waals surface area contributed by atoms with Crippen LogP contribution >= 0.6 is 15.9 Å². The van der Waals surface area contributed by atoms with Crippen LogP contribution in [0, 0.1) is 12.8 Å². The fourth-order valence-electron chi connectivity index (χ4n) is 2.70. The van der Waals surface area contributed by atoms with Gasteiger partial charge in [0.1, 0.15) is 0 Å². The zero-order valence-electron chi connectivity index (χ0n) is 11.6. The summed E-state index contributed by atoms with van der Waals surface area (Å²) in [6, 6.07) is 5.90. The zero-order chi connectivity index (χ0) is 13.8. The van der Waals surface area contributed by atoms with Gasteiger partial charge in [0.2, 0.25) is 0 Å². The number of rotatable bonds is 3. The molecule has 1 amide bonds. The summed E-state index contributed by atoms with van der Waals surface area (Å²) < 4.78 is 0.963. The zero-order valence-corrected chi connectivity index (χ0v) is 13.2. The van der Waals surface area contributed by atoms with Crippen LogP contribution in [0.5, 0.6) is 0 Å². The first kappa shape index (κ1) is 14.5. The second-order valence-corrected chi connectivity index (χ2v) is 6.19. The van der Waals surface area contributed by atoms with Crippen molar-refractivity contribution in [3.63, 3.8) is 0 Å². The Labute approximate surface area is 123 Å². The van der Waals surface area contributed by atoms with Gasteiger partial charge in [-0.1, -0.05) is 22.0 Å². The number of hydrogen-bond donors (Lipinski definition) is 1. The number of carbonyl (C=O) groups is 1. The van der Waals surface area contributed by atoms with Crippen molar-refractivity contribution in [1.29, 1.82) is 0 Å². The first-order valence-corrected chi connectivity index (χ1v) is 7.61. The summed E-state index contributed by atoms with van der Waals surface area (Å²) in [4.78, 5) is 14.6. The maximum Gasteiger partial charge on any atom is 0.254 e. The van der Waals surface area contributed by atoms with Crippen molar-refractivity contribution in [2.45, 2.75) is 19.8 Å². The molecule has 1 unspecified atom stereocenters. The number of nitrogens with one attached hydrogen (secondary N) is 1. The summed E-state index contributed by atoms with van der Waals surface area (Å²) in [6.07, 6.45) is 2.31. The molecule has 0 aromatic heterocycles. The third-order valence-electron chi connectivity index (χ3n) is 3.73. The molecular formula is C15H21BrN2O. The molecule has 1 aliphatic rings. The molecule has 1 aromatic carbocycles. The standard InChI is InChI=1S/C15H21BrN2O/c1-11-5-6-13(16)8-14(11)15(19)18-7-3-4-12(10-18)9-17-2/h5-6,8,12,17H,3-4,7,9-10H2,1-2H3. The van der Waals surface area contributed by atoms with E-state index in [4.69, 9.17) is 0 Å². The van der Waals surface area contributed by atoms with E-state index in [0.29, 0.717) is 5.92 Å². The average Bonchev–Trinajstić information content (AvgIpc) is 2.41. The molecule has 1 atom stereocenters. The molecule has 1 aliphatic heterocycles. The Morgan fingerprint density at radius 3 is 3.05 bits per heavy atom. The molecule has 0 radical (unpaired) electrons. The molecule has 1 fully saturated rings. The minimum atomic E-state index is 0.166. The van der Waals surface area contributed by atoms with Crippen molar-refractivity contribution in [2.24, 2.45) is 5.92 Å². The average molecular weight is 325 g/mol. The van der Waals surface area contributed by atoms with Crippen LogP contribution in [0.25, 0.3) is 0 Å². The van der Waals surface area contributed by atoms with Crippen molar-refractivity contribution in [2.75, 3.05) is 26.7 Å². The summed E-state index contributed by atoms with van der Waals surface area (Å²) in [6.45, 7) is 4.73. The van der Waals surface area contributed by atoms with Crippen LogP contribution in [0.2, 0.25) is 0 Å². The predicted molar refractivity (Wildman–Crippen MR) is 81.4 cm³/mol. The minimum absolute atomic E-state index is 0.166. The summed E-state index contributed by atoms with van der Waals surface area (Å²) in [7, 11) is 1.97. The van der Waals surface area contributed by atoms with Crippen molar-refractivity contribution in [3.8, 4) is 0 Å². The van der Waals surface area contributed by atoms with Gasteiger partial charge in [-0.15, -0.1) is 0 Å². The van der Waals surface area contributed by atoms with E-state index in [-0.39, 0.29) is 5.91 Å². The predicted octanol–water partition coefficient (Wildman–Crippen LogP) is 2.83.